The predicted octanol–water partition coefficient (Wildman–Crippen LogP) is 2.13. The maximum atomic E-state index is 13.0. The van der Waals surface area contributed by atoms with Crippen LogP contribution in [0.2, 0.25) is 0 Å². The average Bonchev–Trinajstić information content (AvgIpc) is 3.18. The number of amides is 2. The number of pyridine rings is 2. The lowest BCUT2D eigenvalue weighted by atomic mass is 10.1. The monoisotopic (exact) mass is 436 g/mol. The summed E-state index contributed by atoms with van der Waals surface area (Å²) in [6.45, 7) is 4.25. The molecule has 2 unspecified atom stereocenters. The number of likely N-dealkylation sites (N-methyl/N-ethyl adjacent to an activating group) is 1. The van der Waals surface area contributed by atoms with E-state index in [-0.39, 0.29) is 30.4 Å². The highest BCUT2D eigenvalue weighted by Crippen LogP contribution is 2.22. The van der Waals surface area contributed by atoms with Crippen molar-refractivity contribution in [3.63, 3.8) is 0 Å². The number of hydrogen-bond acceptors (Lipinski definition) is 6. The first-order chi connectivity index (χ1) is 15.5. The molecule has 8 nitrogen and oxygen atoms in total. The Labute approximate surface area is 189 Å². The minimum atomic E-state index is -0.228. The normalized spacial score (nSPS) is 18.9. The minimum absolute atomic E-state index is 0.00756. The van der Waals surface area contributed by atoms with E-state index in [0.717, 1.165) is 42.9 Å². The van der Waals surface area contributed by atoms with Crippen LogP contribution in [0.1, 0.15) is 49.0 Å². The van der Waals surface area contributed by atoms with Gasteiger partial charge in [-0.1, -0.05) is 19.1 Å². The third kappa shape index (κ3) is 5.07. The number of aryl methyl sites for hydroxylation is 1. The number of carbonyl (C=O) groups is 2. The third-order valence-electron chi connectivity index (χ3n) is 6.33. The molecule has 4 rings (SSSR count). The average molecular weight is 437 g/mol. The van der Waals surface area contributed by atoms with Crippen LogP contribution in [0.3, 0.4) is 0 Å². The molecule has 0 radical (unpaired) electrons. The summed E-state index contributed by atoms with van der Waals surface area (Å²) >= 11 is 0. The number of nitrogens with zero attached hydrogens (tertiary/aromatic N) is 4. The van der Waals surface area contributed by atoms with Crippen LogP contribution >= 0.6 is 0 Å². The van der Waals surface area contributed by atoms with Crippen LogP contribution in [0.15, 0.2) is 36.7 Å². The van der Waals surface area contributed by atoms with Crippen LogP contribution in [-0.4, -0.2) is 64.3 Å². The molecule has 2 atom stereocenters. The summed E-state index contributed by atoms with van der Waals surface area (Å²) in [4.78, 5) is 38.2. The molecule has 0 saturated carbocycles. The van der Waals surface area contributed by atoms with E-state index in [1.165, 1.54) is 5.56 Å². The van der Waals surface area contributed by atoms with E-state index in [2.05, 4.69) is 27.8 Å². The molecule has 2 amide bonds. The summed E-state index contributed by atoms with van der Waals surface area (Å²) in [5.74, 6) is 0.838. The highest BCUT2D eigenvalue weighted by Gasteiger charge is 2.35. The molecule has 0 aliphatic carbocycles. The van der Waals surface area contributed by atoms with Gasteiger partial charge in [0.25, 0.3) is 0 Å². The zero-order chi connectivity index (χ0) is 22.5. The van der Waals surface area contributed by atoms with Crippen molar-refractivity contribution in [2.45, 2.75) is 51.2 Å². The van der Waals surface area contributed by atoms with E-state index >= 15 is 0 Å². The molecule has 1 saturated heterocycles. The molecular weight excluding hydrogens is 404 g/mol. The van der Waals surface area contributed by atoms with Crippen LogP contribution in [0, 0.1) is 0 Å². The highest BCUT2D eigenvalue weighted by atomic mass is 16.2. The van der Waals surface area contributed by atoms with Gasteiger partial charge in [-0.3, -0.25) is 19.5 Å². The smallest absolute Gasteiger partial charge is 0.240 e. The lowest BCUT2D eigenvalue weighted by Gasteiger charge is -2.25. The van der Waals surface area contributed by atoms with Crippen molar-refractivity contribution in [3.8, 4) is 0 Å². The van der Waals surface area contributed by atoms with Crippen molar-refractivity contribution < 1.29 is 9.59 Å². The third-order valence-corrected chi connectivity index (χ3v) is 6.33. The summed E-state index contributed by atoms with van der Waals surface area (Å²) in [6.07, 6.45) is 7.15. The van der Waals surface area contributed by atoms with Gasteiger partial charge >= 0.3 is 0 Å². The van der Waals surface area contributed by atoms with E-state index in [0.29, 0.717) is 19.5 Å². The molecule has 2 N–H and O–H groups in total. The van der Waals surface area contributed by atoms with Crippen molar-refractivity contribution in [1.29, 1.82) is 0 Å². The zero-order valence-corrected chi connectivity index (χ0v) is 18.9. The predicted molar refractivity (Wildman–Crippen MR) is 123 cm³/mol. The van der Waals surface area contributed by atoms with Gasteiger partial charge in [-0.2, -0.15) is 0 Å². The Morgan fingerprint density at radius 2 is 2.25 bits per heavy atom. The Balaban J connectivity index is 1.31. The molecule has 0 spiro atoms. The molecule has 32 heavy (non-hydrogen) atoms. The number of aromatic nitrogens is 2. The molecule has 2 aliphatic heterocycles. The molecule has 1 fully saturated rings. The van der Waals surface area contributed by atoms with Gasteiger partial charge in [-0.25, -0.2) is 4.98 Å². The molecule has 0 aromatic carbocycles. The van der Waals surface area contributed by atoms with Gasteiger partial charge in [0.05, 0.1) is 24.3 Å². The summed E-state index contributed by atoms with van der Waals surface area (Å²) in [7, 11) is 1.95. The summed E-state index contributed by atoms with van der Waals surface area (Å²) < 4.78 is 0. The van der Waals surface area contributed by atoms with Gasteiger partial charge in [-0.05, 0) is 56.0 Å². The van der Waals surface area contributed by atoms with E-state index in [1.54, 1.807) is 17.3 Å². The van der Waals surface area contributed by atoms with Crippen LogP contribution in [0.25, 0.3) is 0 Å². The van der Waals surface area contributed by atoms with E-state index in [1.807, 2.05) is 31.0 Å². The van der Waals surface area contributed by atoms with Gasteiger partial charge in [0.2, 0.25) is 11.8 Å². The Bertz CT molecular complexity index is 951. The van der Waals surface area contributed by atoms with Crippen LogP contribution in [0.4, 0.5) is 5.82 Å². The Morgan fingerprint density at radius 1 is 1.38 bits per heavy atom. The molecule has 0 bridgehead atoms. The maximum Gasteiger partial charge on any atom is 0.240 e. The summed E-state index contributed by atoms with van der Waals surface area (Å²) in [5.41, 5.74) is 3.18. The zero-order valence-electron chi connectivity index (χ0n) is 18.9. The first-order valence-electron chi connectivity index (χ1n) is 11.5. The van der Waals surface area contributed by atoms with E-state index < -0.39 is 0 Å². The quantitative estimate of drug-likeness (QED) is 0.659. The minimum Gasteiger partial charge on any atom is -0.370 e. The largest absolute Gasteiger partial charge is 0.370 e. The van der Waals surface area contributed by atoms with Crippen LogP contribution in [-0.2, 0) is 22.6 Å². The molecule has 4 heterocycles. The standard InChI is InChI=1S/C24H32N6O2/c1-3-20(18-7-4-11-25-14-18)28-22(31)16-30-13-10-21(24(30)32)29(2)15-19-9-8-17-6-5-12-26-23(17)27-19/h4,7-9,11,14,20-21H,3,5-6,10,12-13,15-16H2,1-2H3,(H,26,27)(H,28,31). The number of anilines is 1. The van der Waals surface area contributed by atoms with Gasteiger partial charge in [-0.15, -0.1) is 0 Å². The first kappa shape index (κ1) is 22.2. The maximum absolute atomic E-state index is 13.0. The number of carbonyl (C=O) groups excluding carboxylic acids is 2. The summed E-state index contributed by atoms with van der Waals surface area (Å²) in [5, 5.41) is 6.40. The molecule has 2 aromatic heterocycles. The Kier molecular flexibility index (Phi) is 6.99. The fraction of sp³-hybridized carbons (Fsp3) is 0.500. The van der Waals surface area contributed by atoms with E-state index in [9.17, 15) is 9.59 Å². The van der Waals surface area contributed by atoms with Gasteiger partial charge < -0.3 is 15.5 Å². The fourth-order valence-electron chi connectivity index (χ4n) is 4.53. The molecule has 170 valence electrons. The van der Waals surface area contributed by atoms with Gasteiger partial charge in [0, 0.05) is 32.0 Å². The molecule has 8 heteroatoms. The second-order valence-electron chi connectivity index (χ2n) is 8.63. The lowest BCUT2D eigenvalue weighted by Crippen LogP contribution is -2.43. The molecule has 2 aromatic rings. The van der Waals surface area contributed by atoms with Crippen molar-refractivity contribution in [2.24, 2.45) is 0 Å². The number of rotatable bonds is 8. The van der Waals surface area contributed by atoms with E-state index in [4.69, 9.17) is 4.98 Å². The first-order valence-corrected chi connectivity index (χ1v) is 11.5. The number of likely N-dealkylation sites (tertiary alicyclic amines) is 1. The second-order valence-corrected chi connectivity index (χ2v) is 8.63. The number of hydrogen-bond donors (Lipinski definition) is 2. The van der Waals surface area contributed by atoms with Gasteiger partial charge in [0.15, 0.2) is 0 Å². The van der Waals surface area contributed by atoms with Crippen molar-refractivity contribution >= 4 is 17.6 Å². The van der Waals surface area contributed by atoms with Crippen molar-refractivity contribution in [1.82, 2.24) is 25.1 Å². The van der Waals surface area contributed by atoms with Crippen LogP contribution in [0.5, 0.6) is 0 Å². The Hall–Kier alpha value is -3.00. The van der Waals surface area contributed by atoms with Gasteiger partial charge in [0.1, 0.15) is 5.82 Å². The highest BCUT2D eigenvalue weighted by molar-refractivity contribution is 5.89. The number of nitrogens with one attached hydrogen (secondary N) is 2. The van der Waals surface area contributed by atoms with Crippen molar-refractivity contribution in [2.75, 3.05) is 32.0 Å². The van der Waals surface area contributed by atoms with Crippen molar-refractivity contribution in [3.05, 3.63) is 53.5 Å². The topological polar surface area (TPSA) is 90.5 Å². The second kappa shape index (κ2) is 10.1. The molecule has 2 aliphatic rings. The fourth-order valence-corrected chi connectivity index (χ4v) is 4.53. The lowest BCUT2D eigenvalue weighted by molar-refractivity contribution is -0.136. The molecular formula is C24H32N6O2. The Morgan fingerprint density at radius 3 is 3.03 bits per heavy atom. The number of fused-ring (bicyclic) bond motifs is 1. The van der Waals surface area contributed by atoms with Crippen LogP contribution < -0.4 is 10.6 Å². The SMILES string of the molecule is CCC(NC(=O)CN1CCC(N(C)Cc2ccc3c(n2)NCCC3)C1=O)c1cccnc1. The summed E-state index contributed by atoms with van der Waals surface area (Å²) in [6, 6.07) is 7.68.